The molecular formula is C36H27NO6. The molecule has 4 aromatic carbocycles. The van der Waals surface area contributed by atoms with Crippen LogP contribution in [0.5, 0.6) is 11.5 Å². The summed E-state index contributed by atoms with van der Waals surface area (Å²) >= 11 is 0. The lowest BCUT2D eigenvalue weighted by atomic mass is 9.64. The molecule has 212 valence electrons. The van der Waals surface area contributed by atoms with Crippen LogP contribution >= 0.6 is 0 Å². The number of ether oxygens (including phenoxy) is 2. The Balaban J connectivity index is 1.57. The van der Waals surface area contributed by atoms with Gasteiger partial charge < -0.3 is 14.4 Å². The highest BCUT2D eigenvalue weighted by atomic mass is 16.5. The molecule has 0 saturated carbocycles. The molecule has 0 aromatic heterocycles. The summed E-state index contributed by atoms with van der Waals surface area (Å²) in [6, 6.07) is 26.3. The summed E-state index contributed by atoms with van der Waals surface area (Å²) < 4.78 is 11.2. The third kappa shape index (κ3) is 3.74. The van der Waals surface area contributed by atoms with E-state index in [4.69, 9.17) is 9.47 Å². The van der Waals surface area contributed by atoms with E-state index in [2.05, 4.69) is 0 Å². The van der Waals surface area contributed by atoms with Gasteiger partial charge in [0.25, 0.3) is 0 Å². The molecule has 1 aliphatic carbocycles. The van der Waals surface area contributed by atoms with Gasteiger partial charge in [0.1, 0.15) is 17.2 Å². The van der Waals surface area contributed by atoms with Gasteiger partial charge in [0.05, 0.1) is 18.8 Å². The number of para-hydroxylation sites is 1. The van der Waals surface area contributed by atoms with Crippen molar-refractivity contribution in [1.29, 1.82) is 0 Å². The van der Waals surface area contributed by atoms with Gasteiger partial charge in [-0.1, -0.05) is 91.0 Å². The van der Waals surface area contributed by atoms with Gasteiger partial charge in [-0.25, -0.2) is 0 Å². The van der Waals surface area contributed by atoms with Gasteiger partial charge in [-0.2, -0.15) is 0 Å². The van der Waals surface area contributed by atoms with Crippen molar-refractivity contribution in [3.05, 3.63) is 131 Å². The second-order valence-electron chi connectivity index (χ2n) is 11.0. The zero-order valence-corrected chi connectivity index (χ0v) is 23.5. The maximum absolute atomic E-state index is 14.8. The van der Waals surface area contributed by atoms with E-state index in [1.54, 1.807) is 86.0 Å². The van der Waals surface area contributed by atoms with Crippen LogP contribution in [0.15, 0.2) is 103 Å². The first-order valence-corrected chi connectivity index (χ1v) is 14.1. The smallest absolute Gasteiger partial charge is 0.308 e. The van der Waals surface area contributed by atoms with Crippen molar-refractivity contribution in [2.24, 2.45) is 5.41 Å². The highest BCUT2D eigenvalue weighted by molar-refractivity contribution is 6.32. The number of esters is 1. The van der Waals surface area contributed by atoms with E-state index in [0.29, 0.717) is 39.3 Å². The highest BCUT2D eigenvalue weighted by Gasteiger charge is 2.71. The molecule has 1 saturated heterocycles. The molecule has 3 aliphatic rings. The maximum Gasteiger partial charge on any atom is 0.308 e. The van der Waals surface area contributed by atoms with Gasteiger partial charge in [-0.15, -0.1) is 0 Å². The van der Waals surface area contributed by atoms with Crippen LogP contribution in [0.3, 0.4) is 0 Å². The van der Waals surface area contributed by atoms with E-state index in [9.17, 15) is 19.2 Å². The Morgan fingerprint density at radius 1 is 0.814 bits per heavy atom. The van der Waals surface area contributed by atoms with Crippen LogP contribution in [0, 0.1) is 5.41 Å². The average molecular weight is 570 g/mol. The Hall–Kier alpha value is -5.30. The molecule has 0 N–H and O–H groups in total. The van der Waals surface area contributed by atoms with Gasteiger partial charge >= 0.3 is 5.97 Å². The molecule has 0 amide bonds. The summed E-state index contributed by atoms with van der Waals surface area (Å²) in [5.41, 5.74) is 1.24. The Kier molecular flexibility index (Phi) is 6.13. The molecule has 1 spiro atoms. The van der Waals surface area contributed by atoms with Gasteiger partial charge in [0, 0.05) is 35.1 Å². The summed E-state index contributed by atoms with van der Waals surface area (Å²) in [7, 11) is 1.55. The molecule has 43 heavy (non-hydrogen) atoms. The minimum absolute atomic E-state index is 0.252. The predicted octanol–water partition coefficient (Wildman–Crippen LogP) is 5.94. The minimum Gasteiger partial charge on any atom is -0.497 e. The van der Waals surface area contributed by atoms with Crippen LogP contribution in [0.2, 0.25) is 0 Å². The molecule has 7 heteroatoms. The second-order valence-corrected chi connectivity index (χ2v) is 11.0. The number of ketones is 3. The fourth-order valence-corrected chi connectivity index (χ4v) is 7.20. The van der Waals surface area contributed by atoms with Crippen molar-refractivity contribution in [1.82, 2.24) is 0 Å². The van der Waals surface area contributed by atoms with E-state index in [1.807, 2.05) is 35.3 Å². The van der Waals surface area contributed by atoms with Crippen LogP contribution in [0.1, 0.15) is 55.0 Å². The summed E-state index contributed by atoms with van der Waals surface area (Å²) in [6.45, 7) is 1.31. The molecule has 0 radical (unpaired) electrons. The molecule has 7 nitrogen and oxygen atoms in total. The number of anilines is 1. The largest absolute Gasteiger partial charge is 0.497 e. The second kappa shape index (κ2) is 9.91. The van der Waals surface area contributed by atoms with E-state index in [1.165, 1.54) is 6.92 Å². The van der Waals surface area contributed by atoms with Gasteiger partial charge in [0.2, 0.25) is 0 Å². The number of benzene rings is 4. The topological polar surface area (TPSA) is 90.0 Å². The highest BCUT2D eigenvalue weighted by Crippen LogP contribution is 2.62. The summed E-state index contributed by atoms with van der Waals surface area (Å²) in [4.78, 5) is 58.5. The Morgan fingerprint density at radius 2 is 1.49 bits per heavy atom. The number of nitrogens with zero attached hydrogens (tertiary/aromatic N) is 1. The molecule has 0 unspecified atom stereocenters. The number of carbonyl (C=O) groups is 4. The molecule has 7 rings (SSSR count). The lowest BCUT2D eigenvalue weighted by Crippen LogP contribution is -2.48. The number of methoxy groups -OCH3 is 1. The summed E-state index contributed by atoms with van der Waals surface area (Å²) in [5, 5.41) is 0. The first kappa shape index (κ1) is 26.6. The third-order valence-electron chi connectivity index (χ3n) is 8.82. The Bertz CT molecular complexity index is 1820. The minimum atomic E-state index is -1.68. The molecular weight excluding hydrogens is 542 g/mol. The van der Waals surface area contributed by atoms with Crippen molar-refractivity contribution < 1.29 is 28.7 Å². The van der Waals surface area contributed by atoms with E-state index >= 15 is 0 Å². The first-order chi connectivity index (χ1) is 20.9. The van der Waals surface area contributed by atoms with Crippen LogP contribution in [-0.2, 0) is 4.79 Å². The number of hydrogen-bond acceptors (Lipinski definition) is 7. The normalized spacial score (nSPS) is 20.9. The van der Waals surface area contributed by atoms with Crippen molar-refractivity contribution in [2.75, 3.05) is 12.0 Å². The van der Waals surface area contributed by atoms with Gasteiger partial charge in [-0.05, 0) is 23.8 Å². The van der Waals surface area contributed by atoms with E-state index in [0.717, 1.165) is 0 Å². The van der Waals surface area contributed by atoms with Crippen molar-refractivity contribution in [3.63, 3.8) is 0 Å². The van der Waals surface area contributed by atoms with Crippen molar-refractivity contribution >= 4 is 35.1 Å². The molecule has 3 atom stereocenters. The number of carbonyl (C=O) groups excluding carboxylic acids is 4. The fraction of sp³-hybridized carbons (Fsp3) is 0.167. The first-order valence-electron chi connectivity index (χ1n) is 14.1. The van der Waals surface area contributed by atoms with Crippen LogP contribution < -0.4 is 14.4 Å². The average Bonchev–Trinajstić information content (AvgIpc) is 3.47. The number of rotatable bonds is 5. The summed E-state index contributed by atoms with van der Waals surface area (Å²) in [6.07, 6.45) is 3.68. The zero-order chi connectivity index (χ0) is 29.9. The van der Waals surface area contributed by atoms with Crippen molar-refractivity contribution in [3.8, 4) is 11.5 Å². The lowest BCUT2D eigenvalue weighted by Gasteiger charge is -2.37. The standard InChI is InChI=1S/C36H27NO6/c1-21(38)43-28-17-9-12-22-18-19-29-36(34(40)26-15-6-7-16-27(26)35(36)41)30(24-13-8-14-25(20-24)42-2)32(37(29)31(22)28)33(39)23-10-4-3-5-11-23/h3-20,29-30,32H,1-2H3/t29-,30+,32-/m0/s1. The summed E-state index contributed by atoms with van der Waals surface area (Å²) in [5.74, 6) is -1.57. The monoisotopic (exact) mass is 569 g/mol. The molecule has 0 bridgehead atoms. The van der Waals surface area contributed by atoms with Gasteiger partial charge in [-0.3, -0.25) is 19.2 Å². The zero-order valence-electron chi connectivity index (χ0n) is 23.5. The molecule has 2 aliphatic heterocycles. The van der Waals surface area contributed by atoms with Crippen LogP contribution in [-0.4, -0.2) is 42.5 Å². The van der Waals surface area contributed by atoms with E-state index < -0.39 is 29.4 Å². The predicted molar refractivity (Wildman–Crippen MR) is 161 cm³/mol. The molecule has 4 aromatic rings. The van der Waals surface area contributed by atoms with Crippen molar-refractivity contribution in [2.45, 2.75) is 24.9 Å². The Morgan fingerprint density at radius 3 is 2.16 bits per heavy atom. The maximum atomic E-state index is 14.8. The lowest BCUT2D eigenvalue weighted by molar-refractivity contribution is -0.131. The number of hydrogen-bond donors (Lipinski definition) is 0. The van der Waals surface area contributed by atoms with Gasteiger partial charge in [0.15, 0.2) is 23.1 Å². The van der Waals surface area contributed by atoms with E-state index in [-0.39, 0.29) is 23.1 Å². The third-order valence-corrected chi connectivity index (χ3v) is 8.82. The van der Waals surface area contributed by atoms with Crippen LogP contribution in [0.25, 0.3) is 6.08 Å². The number of Topliss-reactive ketones (excluding diaryl/α,β-unsaturated/α-hetero) is 3. The SMILES string of the molecule is COc1cccc([C@@H]2[C@@H](C(=O)c3ccccc3)N3c4c(cccc4OC(C)=O)C=C[C@H]3C23C(=O)c2ccccc2C3=O)c1. The van der Waals surface area contributed by atoms with Crippen LogP contribution in [0.4, 0.5) is 5.69 Å². The molecule has 1 fully saturated rings. The number of fused-ring (bicyclic) bond motifs is 5. The fourth-order valence-electron chi connectivity index (χ4n) is 7.20. The Labute approximate surface area is 248 Å². The quantitative estimate of drug-likeness (QED) is 0.127. The molecule has 2 heterocycles.